The Hall–Kier alpha value is -3.25. The third-order valence-electron chi connectivity index (χ3n) is 3.48. The summed E-state index contributed by atoms with van der Waals surface area (Å²) >= 11 is 0. The molecule has 0 atom stereocenters. The first-order chi connectivity index (χ1) is 12.1. The fraction of sp³-hybridized carbons (Fsp3) is 0.235. The number of rotatable bonds is 7. The van der Waals surface area contributed by atoms with Crippen LogP contribution in [0.15, 0.2) is 41.5 Å². The van der Waals surface area contributed by atoms with Gasteiger partial charge in [-0.1, -0.05) is 5.11 Å². The van der Waals surface area contributed by atoms with Gasteiger partial charge in [0.1, 0.15) is 17.3 Å². The summed E-state index contributed by atoms with van der Waals surface area (Å²) in [5, 5.41) is 6.06. The van der Waals surface area contributed by atoms with Gasteiger partial charge in [-0.05, 0) is 47.0 Å². The standard InChI is InChI=1S/C17H17FN4O3/c1-24-14-5-11(6-15(8-14)25-2)9-20-17(23)12-3-4-16(18)13(7-12)10-21-22-19/h3-8H,9-10H2,1-2H3,(H,20,23). The Labute approximate surface area is 144 Å². The minimum absolute atomic E-state index is 0.156. The molecule has 0 saturated carbocycles. The van der Waals surface area contributed by atoms with Crippen molar-refractivity contribution in [1.82, 2.24) is 5.32 Å². The lowest BCUT2D eigenvalue weighted by molar-refractivity contribution is 0.0950. The number of azide groups is 1. The normalized spacial score (nSPS) is 9.88. The van der Waals surface area contributed by atoms with E-state index in [1.54, 1.807) is 32.4 Å². The molecule has 0 fully saturated rings. The van der Waals surface area contributed by atoms with E-state index in [4.69, 9.17) is 15.0 Å². The number of carbonyl (C=O) groups is 1. The van der Waals surface area contributed by atoms with Crippen LogP contribution in [0.25, 0.3) is 10.4 Å². The number of nitrogens with zero attached hydrogens (tertiary/aromatic N) is 3. The molecule has 0 aromatic heterocycles. The minimum atomic E-state index is -0.526. The molecule has 0 aliphatic rings. The highest BCUT2D eigenvalue weighted by molar-refractivity contribution is 5.94. The van der Waals surface area contributed by atoms with Gasteiger partial charge in [0.25, 0.3) is 5.91 Å². The van der Waals surface area contributed by atoms with Crippen LogP contribution in [0.5, 0.6) is 11.5 Å². The highest BCUT2D eigenvalue weighted by Gasteiger charge is 2.10. The van der Waals surface area contributed by atoms with E-state index in [1.807, 2.05) is 0 Å². The fourth-order valence-corrected chi connectivity index (χ4v) is 2.20. The molecule has 7 nitrogen and oxygen atoms in total. The number of hydrogen-bond donors (Lipinski definition) is 1. The first-order valence-corrected chi connectivity index (χ1v) is 7.36. The van der Waals surface area contributed by atoms with Gasteiger partial charge < -0.3 is 14.8 Å². The van der Waals surface area contributed by atoms with E-state index >= 15 is 0 Å². The van der Waals surface area contributed by atoms with E-state index in [2.05, 4.69) is 15.3 Å². The zero-order valence-corrected chi connectivity index (χ0v) is 13.8. The maximum atomic E-state index is 13.6. The molecule has 8 heteroatoms. The molecule has 0 spiro atoms. The predicted molar refractivity (Wildman–Crippen MR) is 90.0 cm³/mol. The maximum Gasteiger partial charge on any atom is 0.251 e. The first-order valence-electron chi connectivity index (χ1n) is 7.36. The maximum absolute atomic E-state index is 13.6. The first kappa shape index (κ1) is 18.1. The van der Waals surface area contributed by atoms with E-state index in [1.165, 1.54) is 18.2 Å². The SMILES string of the molecule is COc1cc(CNC(=O)c2ccc(F)c(CN=[N+]=[N-])c2)cc(OC)c1. The molecule has 0 heterocycles. The number of benzene rings is 2. The molecule has 1 amide bonds. The van der Waals surface area contributed by atoms with Crippen molar-refractivity contribution in [3.05, 3.63) is 69.3 Å². The lowest BCUT2D eigenvalue weighted by atomic mass is 10.1. The zero-order valence-electron chi connectivity index (χ0n) is 13.8. The molecule has 2 aromatic carbocycles. The van der Waals surface area contributed by atoms with Crippen LogP contribution in [0.1, 0.15) is 21.5 Å². The summed E-state index contributed by atoms with van der Waals surface area (Å²) < 4.78 is 24.0. The Balaban J connectivity index is 2.11. The number of ether oxygens (including phenoxy) is 2. The van der Waals surface area contributed by atoms with Crippen LogP contribution in [0, 0.1) is 5.82 Å². The van der Waals surface area contributed by atoms with E-state index in [-0.39, 0.29) is 30.1 Å². The van der Waals surface area contributed by atoms with Crippen LogP contribution in [-0.4, -0.2) is 20.1 Å². The smallest absolute Gasteiger partial charge is 0.251 e. The van der Waals surface area contributed by atoms with E-state index in [0.717, 1.165) is 5.56 Å². The fourth-order valence-electron chi connectivity index (χ4n) is 2.20. The molecule has 0 unspecified atom stereocenters. The van der Waals surface area contributed by atoms with Crippen molar-refractivity contribution in [3.8, 4) is 11.5 Å². The van der Waals surface area contributed by atoms with Crippen molar-refractivity contribution in [1.29, 1.82) is 0 Å². The lowest BCUT2D eigenvalue weighted by Crippen LogP contribution is -2.23. The second-order valence-corrected chi connectivity index (χ2v) is 5.10. The molecule has 0 aliphatic carbocycles. The third kappa shape index (κ3) is 4.86. The molecule has 2 rings (SSSR count). The van der Waals surface area contributed by atoms with Crippen molar-refractivity contribution in [2.75, 3.05) is 14.2 Å². The van der Waals surface area contributed by atoms with Crippen molar-refractivity contribution in [2.45, 2.75) is 13.1 Å². The van der Waals surface area contributed by atoms with E-state index in [0.29, 0.717) is 11.5 Å². The van der Waals surface area contributed by atoms with Gasteiger partial charge in [-0.2, -0.15) is 0 Å². The monoisotopic (exact) mass is 344 g/mol. The van der Waals surface area contributed by atoms with E-state index in [9.17, 15) is 9.18 Å². The Bertz CT molecular complexity index is 797. The number of amides is 1. The summed E-state index contributed by atoms with van der Waals surface area (Å²) in [7, 11) is 3.09. The number of methoxy groups -OCH3 is 2. The minimum Gasteiger partial charge on any atom is -0.497 e. The van der Waals surface area contributed by atoms with Crippen molar-refractivity contribution in [2.24, 2.45) is 5.11 Å². The van der Waals surface area contributed by atoms with Crippen LogP contribution < -0.4 is 14.8 Å². The van der Waals surface area contributed by atoms with Gasteiger partial charge in [-0.25, -0.2) is 4.39 Å². The average molecular weight is 344 g/mol. The number of nitrogens with one attached hydrogen (secondary N) is 1. The Morgan fingerprint density at radius 1 is 1.20 bits per heavy atom. The van der Waals surface area contributed by atoms with Crippen LogP contribution in [0.4, 0.5) is 4.39 Å². The molecular formula is C17H17FN4O3. The van der Waals surface area contributed by atoms with Gasteiger partial charge in [0.15, 0.2) is 0 Å². The van der Waals surface area contributed by atoms with Gasteiger partial charge >= 0.3 is 0 Å². The average Bonchev–Trinajstić information content (AvgIpc) is 2.65. The van der Waals surface area contributed by atoms with Crippen LogP contribution in [-0.2, 0) is 13.1 Å². The second-order valence-electron chi connectivity index (χ2n) is 5.10. The second kappa shape index (κ2) is 8.56. The highest BCUT2D eigenvalue weighted by Crippen LogP contribution is 2.22. The van der Waals surface area contributed by atoms with Gasteiger partial charge in [-0.15, -0.1) is 0 Å². The predicted octanol–water partition coefficient (Wildman–Crippen LogP) is 3.58. The van der Waals surface area contributed by atoms with Crippen molar-refractivity contribution < 1.29 is 18.7 Å². The highest BCUT2D eigenvalue weighted by atomic mass is 19.1. The van der Waals surface area contributed by atoms with Crippen molar-refractivity contribution in [3.63, 3.8) is 0 Å². The topological polar surface area (TPSA) is 96.3 Å². The molecule has 130 valence electrons. The molecule has 0 aliphatic heterocycles. The molecule has 1 N–H and O–H groups in total. The summed E-state index contributed by atoms with van der Waals surface area (Å²) in [6.07, 6.45) is 0. The lowest BCUT2D eigenvalue weighted by Gasteiger charge is -2.10. The molecule has 0 saturated heterocycles. The Kier molecular flexibility index (Phi) is 6.20. The Morgan fingerprint density at radius 2 is 1.88 bits per heavy atom. The van der Waals surface area contributed by atoms with Crippen LogP contribution in [0.3, 0.4) is 0 Å². The number of halogens is 1. The van der Waals surface area contributed by atoms with Crippen molar-refractivity contribution >= 4 is 5.91 Å². The van der Waals surface area contributed by atoms with E-state index < -0.39 is 5.82 Å². The van der Waals surface area contributed by atoms with Gasteiger partial charge in [0.05, 0.1) is 20.8 Å². The summed E-state index contributed by atoms with van der Waals surface area (Å²) in [6.45, 7) is 0.0893. The molecular weight excluding hydrogens is 327 g/mol. The molecule has 2 aromatic rings. The summed E-state index contributed by atoms with van der Waals surface area (Å²) in [5.74, 6) is 0.328. The van der Waals surface area contributed by atoms with Crippen LogP contribution in [0.2, 0.25) is 0 Å². The largest absolute Gasteiger partial charge is 0.497 e. The van der Waals surface area contributed by atoms with Gasteiger partial charge in [-0.3, -0.25) is 4.79 Å². The van der Waals surface area contributed by atoms with Gasteiger partial charge in [0.2, 0.25) is 0 Å². The molecule has 0 radical (unpaired) electrons. The molecule has 25 heavy (non-hydrogen) atoms. The summed E-state index contributed by atoms with van der Waals surface area (Å²) in [4.78, 5) is 14.9. The molecule has 0 bridgehead atoms. The summed E-state index contributed by atoms with van der Waals surface area (Å²) in [6, 6.07) is 9.20. The summed E-state index contributed by atoms with van der Waals surface area (Å²) in [5.41, 5.74) is 9.56. The number of hydrogen-bond acceptors (Lipinski definition) is 4. The Morgan fingerprint density at radius 3 is 2.48 bits per heavy atom. The third-order valence-corrected chi connectivity index (χ3v) is 3.48. The zero-order chi connectivity index (χ0) is 18.2. The number of carbonyl (C=O) groups excluding carboxylic acids is 1. The van der Waals surface area contributed by atoms with Gasteiger partial charge in [0, 0.05) is 23.1 Å². The quantitative estimate of drug-likeness (QED) is 0.472. The van der Waals surface area contributed by atoms with Crippen LogP contribution >= 0.6 is 0 Å².